The van der Waals surface area contributed by atoms with Crippen molar-refractivity contribution in [2.45, 2.75) is 26.3 Å². The monoisotopic (exact) mass is 328 g/mol. The normalized spacial score (nSPS) is 11.5. The number of nitrogens with zero attached hydrogens (tertiary/aromatic N) is 2. The lowest BCUT2D eigenvalue weighted by Gasteiger charge is -2.16. The van der Waals surface area contributed by atoms with Crippen LogP contribution in [0.25, 0.3) is 22.2 Å². The summed E-state index contributed by atoms with van der Waals surface area (Å²) in [4.78, 5) is 2.15. The molecule has 0 aliphatic rings. The summed E-state index contributed by atoms with van der Waals surface area (Å²) in [5.41, 5.74) is 2.75. The first-order valence-electron chi connectivity index (χ1n) is 8.15. The molecule has 1 heterocycles. The van der Waals surface area contributed by atoms with Crippen LogP contribution in [0.1, 0.15) is 25.3 Å². The highest BCUT2D eigenvalue weighted by atomic mass is 19.1. The maximum Gasteiger partial charge on any atom is 0.175 e. The van der Waals surface area contributed by atoms with Gasteiger partial charge in [0, 0.05) is 12.1 Å². The van der Waals surface area contributed by atoms with Crippen LogP contribution in [-0.2, 0) is 6.54 Å². The number of halogens is 1. The Morgan fingerprint density at radius 3 is 2.62 bits per heavy atom. The molecule has 24 heavy (non-hydrogen) atoms. The topological polar surface area (TPSA) is 49.5 Å². The van der Waals surface area contributed by atoms with E-state index < -0.39 is 0 Å². The second kappa shape index (κ2) is 7.01. The fourth-order valence-corrected chi connectivity index (χ4v) is 2.79. The summed E-state index contributed by atoms with van der Waals surface area (Å²) in [5.74, 6) is -0.0879. The van der Waals surface area contributed by atoms with Gasteiger partial charge >= 0.3 is 0 Å². The molecule has 0 radical (unpaired) electrons. The number of fused-ring (bicyclic) bond motifs is 1. The second-order valence-electron chi connectivity index (χ2n) is 6.07. The molecule has 0 aliphatic carbocycles. The van der Waals surface area contributed by atoms with E-state index in [1.807, 2.05) is 7.05 Å². The van der Waals surface area contributed by atoms with Crippen molar-refractivity contribution in [3.63, 3.8) is 0 Å². The van der Waals surface area contributed by atoms with Gasteiger partial charge in [-0.05, 0) is 56.4 Å². The molecular formula is C19H21FN2O2. The molecule has 0 saturated carbocycles. The summed E-state index contributed by atoms with van der Waals surface area (Å²) in [6.07, 6.45) is 2.22. The van der Waals surface area contributed by atoms with E-state index in [9.17, 15) is 9.50 Å². The highest BCUT2D eigenvalue weighted by molar-refractivity contribution is 5.94. The number of phenolic OH excluding ortho intramolecular Hbond substituents is 1. The molecule has 3 rings (SSSR count). The lowest BCUT2D eigenvalue weighted by Crippen LogP contribution is -2.19. The number of aromatic hydroxyl groups is 1. The van der Waals surface area contributed by atoms with E-state index in [4.69, 9.17) is 4.52 Å². The third kappa shape index (κ3) is 3.26. The Hall–Kier alpha value is -2.40. The van der Waals surface area contributed by atoms with E-state index in [0.717, 1.165) is 35.9 Å². The Morgan fingerprint density at radius 2 is 1.92 bits per heavy atom. The van der Waals surface area contributed by atoms with Gasteiger partial charge in [-0.25, -0.2) is 4.39 Å². The largest absolute Gasteiger partial charge is 0.507 e. The zero-order valence-corrected chi connectivity index (χ0v) is 13.9. The predicted octanol–water partition coefficient (Wildman–Crippen LogP) is 4.57. The molecule has 3 aromatic rings. The van der Waals surface area contributed by atoms with Crippen LogP contribution in [0.2, 0.25) is 0 Å². The maximum atomic E-state index is 13.1. The smallest absolute Gasteiger partial charge is 0.175 e. The van der Waals surface area contributed by atoms with E-state index >= 15 is 0 Å². The number of aromatic nitrogens is 1. The van der Waals surface area contributed by atoms with Gasteiger partial charge in [0.1, 0.15) is 17.3 Å². The molecule has 0 bridgehead atoms. The first-order valence-corrected chi connectivity index (χ1v) is 8.15. The molecule has 2 aromatic carbocycles. The van der Waals surface area contributed by atoms with Crippen LogP contribution in [0.4, 0.5) is 4.39 Å². The van der Waals surface area contributed by atoms with Crippen molar-refractivity contribution in [2.75, 3.05) is 13.6 Å². The van der Waals surface area contributed by atoms with Crippen molar-refractivity contribution in [1.29, 1.82) is 0 Å². The number of hydrogen-bond acceptors (Lipinski definition) is 4. The minimum atomic E-state index is -0.289. The minimum Gasteiger partial charge on any atom is -0.507 e. The van der Waals surface area contributed by atoms with Crippen LogP contribution in [0.5, 0.6) is 5.75 Å². The van der Waals surface area contributed by atoms with Gasteiger partial charge in [0.15, 0.2) is 5.58 Å². The number of hydrogen-bond donors (Lipinski definition) is 1. The second-order valence-corrected chi connectivity index (χ2v) is 6.07. The first kappa shape index (κ1) is 16.5. The lowest BCUT2D eigenvalue weighted by atomic mass is 10.0. The quantitative estimate of drug-likeness (QED) is 0.720. The summed E-state index contributed by atoms with van der Waals surface area (Å²) >= 11 is 0. The summed E-state index contributed by atoms with van der Waals surface area (Å²) in [6.45, 7) is 3.68. The molecule has 0 unspecified atom stereocenters. The molecule has 1 N–H and O–H groups in total. The molecule has 1 aromatic heterocycles. The van der Waals surface area contributed by atoms with Crippen molar-refractivity contribution >= 4 is 11.0 Å². The Balaban J connectivity index is 1.99. The number of unbranched alkanes of at least 4 members (excludes halogenated alkanes) is 1. The summed E-state index contributed by atoms with van der Waals surface area (Å²) in [6, 6.07) is 9.59. The molecule has 0 spiro atoms. The molecule has 0 fully saturated rings. The van der Waals surface area contributed by atoms with Crippen LogP contribution in [0.3, 0.4) is 0 Å². The predicted molar refractivity (Wildman–Crippen MR) is 92.3 cm³/mol. The Bertz CT molecular complexity index is 827. The Labute approximate surface area is 140 Å². The van der Waals surface area contributed by atoms with Crippen molar-refractivity contribution in [1.82, 2.24) is 10.1 Å². The summed E-state index contributed by atoms with van der Waals surface area (Å²) in [7, 11) is 2.02. The Morgan fingerprint density at radius 1 is 1.17 bits per heavy atom. The van der Waals surface area contributed by atoms with Crippen LogP contribution < -0.4 is 0 Å². The maximum absolute atomic E-state index is 13.1. The van der Waals surface area contributed by atoms with Crippen molar-refractivity contribution in [2.24, 2.45) is 0 Å². The molecule has 4 nitrogen and oxygen atoms in total. The fourth-order valence-electron chi connectivity index (χ4n) is 2.79. The first-order chi connectivity index (χ1) is 11.6. The standard InChI is InChI=1S/C19H21FN2O2/c1-3-4-11-22(2)12-16-17(23)10-9-15-18(21-24-19(15)16)13-5-7-14(20)8-6-13/h5-10,23H,3-4,11-12H2,1-2H3. The van der Waals surface area contributed by atoms with Crippen LogP contribution in [-0.4, -0.2) is 28.8 Å². The zero-order valence-electron chi connectivity index (χ0n) is 13.9. The van der Waals surface area contributed by atoms with Crippen LogP contribution >= 0.6 is 0 Å². The van der Waals surface area contributed by atoms with Gasteiger partial charge in [-0.3, -0.25) is 0 Å². The van der Waals surface area contributed by atoms with E-state index in [1.54, 1.807) is 24.3 Å². The lowest BCUT2D eigenvalue weighted by molar-refractivity contribution is 0.313. The van der Waals surface area contributed by atoms with E-state index in [1.165, 1.54) is 12.1 Å². The van der Waals surface area contributed by atoms with Gasteiger partial charge in [0.05, 0.1) is 10.9 Å². The molecule has 0 saturated heterocycles. The molecule has 126 valence electrons. The van der Waals surface area contributed by atoms with Crippen molar-refractivity contribution < 1.29 is 14.0 Å². The van der Waals surface area contributed by atoms with Gasteiger partial charge in [-0.15, -0.1) is 0 Å². The van der Waals surface area contributed by atoms with Gasteiger partial charge in [-0.2, -0.15) is 0 Å². The average molecular weight is 328 g/mol. The minimum absolute atomic E-state index is 0.202. The summed E-state index contributed by atoms with van der Waals surface area (Å²) < 4.78 is 18.6. The highest BCUT2D eigenvalue weighted by Crippen LogP contribution is 2.34. The van der Waals surface area contributed by atoms with Gasteiger partial charge in [0.2, 0.25) is 0 Å². The van der Waals surface area contributed by atoms with Crippen LogP contribution in [0.15, 0.2) is 40.9 Å². The van der Waals surface area contributed by atoms with Crippen LogP contribution in [0, 0.1) is 5.82 Å². The molecule has 0 amide bonds. The van der Waals surface area contributed by atoms with Crippen molar-refractivity contribution in [3.8, 4) is 17.0 Å². The van der Waals surface area contributed by atoms with Crippen molar-refractivity contribution in [3.05, 3.63) is 47.8 Å². The zero-order chi connectivity index (χ0) is 17.1. The van der Waals surface area contributed by atoms with E-state index in [0.29, 0.717) is 17.8 Å². The molecule has 5 heteroatoms. The van der Waals surface area contributed by atoms with Gasteiger partial charge < -0.3 is 14.5 Å². The molecular weight excluding hydrogens is 307 g/mol. The third-order valence-corrected chi connectivity index (χ3v) is 4.16. The number of rotatable bonds is 6. The highest BCUT2D eigenvalue weighted by Gasteiger charge is 2.17. The van der Waals surface area contributed by atoms with Gasteiger partial charge in [-0.1, -0.05) is 18.5 Å². The van der Waals surface area contributed by atoms with E-state index in [2.05, 4.69) is 17.0 Å². The average Bonchev–Trinajstić information content (AvgIpc) is 3.00. The summed E-state index contributed by atoms with van der Waals surface area (Å²) in [5, 5.41) is 15.2. The number of phenols is 1. The van der Waals surface area contributed by atoms with E-state index in [-0.39, 0.29) is 11.6 Å². The number of benzene rings is 2. The molecule has 0 aliphatic heterocycles. The fraction of sp³-hybridized carbons (Fsp3) is 0.316. The SMILES string of the molecule is CCCCN(C)Cc1c(O)ccc2c(-c3ccc(F)cc3)noc12. The molecule has 0 atom stereocenters. The van der Waals surface area contributed by atoms with Gasteiger partial charge in [0.25, 0.3) is 0 Å². The third-order valence-electron chi connectivity index (χ3n) is 4.16. The Kier molecular flexibility index (Phi) is 4.81.